The number of amidine groups is 1. The molecule has 0 unspecified atom stereocenters. The molecule has 6 rings (SSSR count). The van der Waals surface area contributed by atoms with Gasteiger partial charge in [-0.3, -0.25) is 9.69 Å². The van der Waals surface area contributed by atoms with E-state index in [2.05, 4.69) is 22.9 Å². The maximum Gasteiger partial charge on any atom is 0.271 e. The van der Waals surface area contributed by atoms with Gasteiger partial charge in [0.1, 0.15) is 0 Å². The molecule has 1 aliphatic rings. The zero-order chi connectivity index (χ0) is 27.8. The molecule has 0 radical (unpaired) electrons. The zero-order valence-electron chi connectivity index (χ0n) is 21.9. The van der Waals surface area contributed by atoms with Crippen LogP contribution in [0.25, 0.3) is 17.0 Å². The van der Waals surface area contributed by atoms with Gasteiger partial charge in [-0.1, -0.05) is 83.9 Å². The number of halogens is 2. The van der Waals surface area contributed by atoms with E-state index in [0.717, 1.165) is 44.5 Å². The number of fused-ring (bicyclic) bond motifs is 1. The number of carbonyl (C=O) groups excluding carboxylic acids is 1. The maximum atomic E-state index is 13.9. The Hall–Kier alpha value is -3.77. The largest absolute Gasteiger partial charge is 0.342 e. The van der Waals surface area contributed by atoms with Crippen LogP contribution in [0.3, 0.4) is 0 Å². The number of aryl methyl sites for hydroxylation is 2. The van der Waals surface area contributed by atoms with Crippen LogP contribution in [0.15, 0.2) is 107 Å². The van der Waals surface area contributed by atoms with E-state index in [1.54, 1.807) is 11.0 Å². The van der Waals surface area contributed by atoms with Crippen molar-refractivity contribution >= 4 is 74.4 Å². The van der Waals surface area contributed by atoms with Gasteiger partial charge >= 0.3 is 0 Å². The van der Waals surface area contributed by atoms with Gasteiger partial charge < -0.3 is 4.57 Å². The van der Waals surface area contributed by atoms with Gasteiger partial charge in [-0.2, -0.15) is 0 Å². The van der Waals surface area contributed by atoms with Crippen molar-refractivity contribution < 1.29 is 4.79 Å². The minimum Gasteiger partial charge on any atom is -0.342 e. The number of thioether (sulfide) groups is 1. The molecule has 0 spiro atoms. The summed E-state index contributed by atoms with van der Waals surface area (Å²) in [5.74, 6) is -0.0984. The first kappa shape index (κ1) is 26.5. The van der Waals surface area contributed by atoms with Crippen LogP contribution in [-0.4, -0.2) is 15.6 Å². The number of para-hydroxylation sites is 3. The fraction of sp³-hybridized carbons (Fsp3) is 0.0909. The number of benzene rings is 4. The van der Waals surface area contributed by atoms with Gasteiger partial charge in [0.2, 0.25) is 0 Å². The van der Waals surface area contributed by atoms with Gasteiger partial charge in [-0.25, -0.2) is 4.99 Å². The Bertz CT molecular complexity index is 1800. The smallest absolute Gasteiger partial charge is 0.271 e. The van der Waals surface area contributed by atoms with E-state index >= 15 is 0 Å². The highest BCUT2D eigenvalue weighted by atomic mass is 35.5. The Morgan fingerprint density at radius 3 is 2.35 bits per heavy atom. The number of rotatable bonds is 5. The standard InChI is InChI=1S/C33H25Cl2N3OS/c1-21-9-8-10-22(2)31(21)36-33-38(26-11-4-3-5-12-26)32(39)30(40-33)17-24-20-37(29-14-7-6-13-27(24)29)19-23-15-16-25(34)18-28(23)35/h3-18,20H,19H2,1-2H3/b30-17-,36-33?. The molecule has 0 bridgehead atoms. The number of amides is 1. The lowest BCUT2D eigenvalue weighted by Gasteiger charge is -2.16. The molecular weight excluding hydrogens is 557 g/mol. The number of anilines is 1. The van der Waals surface area contributed by atoms with Crippen molar-refractivity contribution in [1.82, 2.24) is 4.57 Å². The predicted molar refractivity (Wildman–Crippen MR) is 170 cm³/mol. The summed E-state index contributed by atoms with van der Waals surface area (Å²) in [6.07, 6.45) is 4.04. The first-order valence-electron chi connectivity index (χ1n) is 12.8. The minimum atomic E-state index is -0.0984. The van der Waals surface area contributed by atoms with Crippen molar-refractivity contribution in [2.75, 3.05) is 4.90 Å². The van der Waals surface area contributed by atoms with Crippen LogP contribution in [0.4, 0.5) is 11.4 Å². The second-order valence-corrected chi connectivity index (χ2v) is 11.5. The SMILES string of the molecule is Cc1cccc(C)c1N=C1S/C(=C\c2cn(Cc3ccc(Cl)cc3Cl)c3ccccc23)C(=O)N1c1ccccc1. The lowest BCUT2D eigenvalue weighted by Crippen LogP contribution is -2.28. The van der Waals surface area contributed by atoms with Crippen LogP contribution < -0.4 is 4.90 Å². The topological polar surface area (TPSA) is 37.6 Å². The second-order valence-electron chi connectivity index (χ2n) is 9.69. The number of aromatic nitrogens is 1. The third-order valence-corrected chi connectivity index (χ3v) is 8.49. The second kappa shape index (κ2) is 11.0. The highest BCUT2D eigenvalue weighted by Gasteiger charge is 2.35. The number of hydrogen-bond acceptors (Lipinski definition) is 3. The number of aliphatic imine (C=N–C) groups is 1. The highest BCUT2D eigenvalue weighted by Crippen LogP contribution is 2.39. The van der Waals surface area contributed by atoms with Crippen molar-refractivity contribution in [3.63, 3.8) is 0 Å². The number of hydrogen-bond donors (Lipinski definition) is 0. The third kappa shape index (κ3) is 5.08. The minimum absolute atomic E-state index is 0.0984. The van der Waals surface area contributed by atoms with Gasteiger partial charge in [0, 0.05) is 39.3 Å². The summed E-state index contributed by atoms with van der Waals surface area (Å²) in [4.78, 5) is 21.2. The summed E-state index contributed by atoms with van der Waals surface area (Å²) < 4.78 is 2.15. The molecule has 4 aromatic carbocycles. The molecule has 0 atom stereocenters. The quantitative estimate of drug-likeness (QED) is 0.194. The van der Waals surface area contributed by atoms with Gasteiger partial charge in [0.05, 0.1) is 16.3 Å². The molecule has 198 valence electrons. The zero-order valence-corrected chi connectivity index (χ0v) is 24.3. The number of nitrogens with zero attached hydrogens (tertiary/aromatic N) is 3. The van der Waals surface area contributed by atoms with Crippen LogP contribution in [0.2, 0.25) is 10.0 Å². The van der Waals surface area contributed by atoms with Crippen LogP contribution in [0.5, 0.6) is 0 Å². The van der Waals surface area contributed by atoms with E-state index in [4.69, 9.17) is 28.2 Å². The summed E-state index contributed by atoms with van der Waals surface area (Å²) in [7, 11) is 0. The molecule has 0 aliphatic carbocycles. The fourth-order valence-electron chi connectivity index (χ4n) is 4.93. The highest BCUT2D eigenvalue weighted by molar-refractivity contribution is 8.19. The lowest BCUT2D eigenvalue weighted by molar-refractivity contribution is -0.113. The predicted octanol–water partition coefficient (Wildman–Crippen LogP) is 9.42. The molecule has 4 nitrogen and oxygen atoms in total. The maximum absolute atomic E-state index is 13.9. The van der Waals surface area contributed by atoms with Crippen molar-refractivity contribution in [2.45, 2.75) is 20.4 Å². The summed E-state index contributed by atoms with van der Waals surface area (Å²) >= 11 is 14.0. The Morgan fingerprint density at radius 2 is 1.60 bits per heavy atom. The fourth-order valence-corrected chi connectivity index (χ4v) is 6.37. The molecule has 1 aliphatic heterocycles. The molecule has 2 heterocycles. The molecule has 1 amide bonds. The molecule has 0 saturated carbocycles. The van der Waals surface area contributed by atoms with Crippen LogP contribution in [0, 0.1) is 13.8 Å². The Morgan fingerprint density at radius 1 is 0.875 bits per heavy atom. The van der Waals surface area contributed by atoms with Gasteiger partial charge in [-0.15, -0.1) is 0 Å². The van der Waals surface area contributed by atoms with Crippen LogP contribution in [-0.2, 0) is 11.3 Å². The van der Waals surface area contributed by atoms with E-state index in [1.165, 1.54) is 11.8 Å². The van der Waals surface area contributed by atoms with Gasteiger partial charge in [0.25, 0.3) is 5.91 Å². The number of carbonyl (C=O) groups is 1. The normalized spacial score (nSPS) is 15.6. The molecule has 1 aromatic heterocycles. The lowest BCUT2D eigenvalue weighted by atomic mass is 10.1. The molecule has 1 fully saturated rings. The average molecular weight is 583 g/mol. The summed E-state index contributed by atoms with van der Waals surface area (Å²) in [6.45, 7) is 4.66. The monoisotopic (exact) mass is 581 g/mol. The molecular formula is C33H25Cl2N3OS. The molecule has 5 aromatic rings. The summed E-state index contributed by atoms with van der Waals surface area (Å²) in [6, 6.07) is 29.5. The van der Waals surface area contributed by atoms with Gasteiger partial charge in [-0.05, 0) is 78.7 Å². The van der Waals surface area contributed by atoms with Crippen LogP contribution >= 0.6 is 35.0 Å². The van der Waals surface area contributed by atoms with E-state index in [9.17, 15) is 4.79 Å². The van der Waals surface area contributed by atoms with Crippen LogP contribution in [0.1, 0.15) is 22.3 Å². The first-order chi connectivity index (χ1) is 19.4. The van der Waals surface area contributed by atoms with Crippen molar-refractivity contribution in [3.8, 4) is 0 Å². The van der Waals surface area contributed by atoms with E-state index in [1.807, 2.05) is 92.7 Å². The Balaban J connectivity index is 1.44. The molecule has 7 heteroatoms. The molecule has 40 heavy (non-hydrogen) atoms. The molecule has 0 N–H and O–H groups in total. The molecule has 1 saturated heterocycles. The van der Waals surface area contributed by atoms with E-state index < -0.39 is 0 Å². The summed E-state index contributed by atoms with van der Waals surface area (Å²) in [5, 5.41) is 2.92. The van der Waals surface area contributed by atoms with Crippen molar-refractivity contribution in [1.29, 1.82) is 0 Å². The van der Waals surface area contributed by atoms with Crippen molar-refractivity contribution in [3.05, 3.63) is 134 Å². The van der Waals surface area contributed by atoms with Gasteiger partial charge in [0.15, 0.2) is 5.17 Å². The average Bonchev–Trinajstić information content (AvgIpc) is 3.45. The summed E-state index contributed by atoms with van der Waals surface area (Å²) in [5.41, 5.74) is 6.78. The van der Waals surface area contributed by atoms with E-state index in [-0.39, 0.29) is 5.91 Å². The Labute approximate surface area is 247 Å². The third-order valence-electron chi connectivity index (χ3n) is 6.93. The Kier molecular flexibility index (Phi) is 7.28. The van der Waals surface area contributed by atoms with Crippen molar-refractivity contribution in [2.24, 2.45) is 4.99 Å². The van der Waals surface area contributed by atoms with E-state index in [0.29, 0.717) is 26.7 Å². The first-order valence-corrected chi connectivity index (χ1v) is 14.4.